The van der Waals surface area contributed by atoms with Crippen molar-refractivity contribution in [2.75, 3.05) is 7.11 Å². The number of carbonyl (C=O) groups excluding carboxylic acids is 1. The first-order chi connectivity index (χ1) is 13.8. The summed E-state index contributed by atoms with van der Waals surface area (Å²) in [5.41, 5.74) is 3.12. The SMILES string of the molecule is C=C(C)c1nnc2ccc(Cc3ccc(F)cc3F)cn12.C=CC(=C)C(=O)OC. The number of pyridine rings is 1. The number of esters is 1. The van der Waals surface area contributed by atoms with E-state index in [1.165, 1.54) is 25.3 Å². The molecule has 7 heteroatoms. The first kappa shape index (κ1) is 21.7. The van der Waals surface area contributed by atoms with Gasteiger partial charge in [-0.3, -0.25) is 4.40 Å². The second-order valence-corrected chi connectivity index (χ2v) is 6.20. The molecular formula is C22H21F2N3O2. The van der Waals surface area contributed by atoms with Crippen LogP contribution in [-0.2, 0) is 16.0 Å². The Morgan fingerprint density at radius 3 is 2.48 bits per heavy atom. The number of rotatable bonds is 5. The van der Waals surface area contributed by atoms with Crippen molar-refractivity contribution in [3.8, 4) is 0 Å². The fourth-order valence-corrected chi connectivity index (χ4v) is 2.43. The number of aromatic nitrogens is 3. The van der Waals surface area contributed by atoms with Crippen LogP contribution in [0.3, 0.4) is 0 Å². The van der Waals surface area contributed by atoms with Gasteiger partial charge in [0.25, 0.3) is 0 Å². The molecular weight excluding hydrogens is 376 g/mol. The first-order valence-electron chi connectivity index (χ1n) is 8.60. The molecule has 0 spiro atoms. The van der Waals surface area contributed by atoms with Crippen LogP contribution in [0, 0.1) is 11.6 Å². The molecule has 1 aromatic carbocycles. The van der Waals surface area contributed by atoms with Crippen LogP contribution in [0.5, 0.6) is 0 Å². The molecule has 29 heavy (non-hydrogen) atoms. The zero-order chi connectivity index (χ0) is 21.6. The van der Waals surface area contributed by atoms with E-state index < -0.39 is 17.6 Å². The molecule has 0 N–H and O–H groups in total. The van der Waals surface area contributed by atoms with Crippen molar-refractivity contribution in [2.24, 2.45) is 0 Å². The molecule has 0 radical (unpaired) electrons. The van der Waals surface area contributed by atoms with E-state index in [1.54, 1.807) is 0 Å². The van der Waals surface area contributed by atoms with Gasteiger partial charge in [-0.1, -0.05) is 37.9 Å². The number of methoxy groups -OCH3 is 1. The number of carbonyl (C=O) groups is 1. The molecule has 2 heterocycles. The van der Waals surface area contributed by atoms with Crippen molar-refractivity contribution >= 4 is 17.2 Å². The summed E-state index contributed by atoms with van der Waals surface area (Å²) >= 11 is 0. The Morgan fingerprint density at radius 1 is 1.21 bits per heavy atom. The third kappa shape index (κ3) is 5.44. The van der Waals surface area contributed by atoms with E-state index in [0.717, 1.165) is 17.2 Å². The number of nitrogens with zero attached hydrogens (tertiary/aromatic N) is 3. The monoisotopic (exact) mass is 397 g/mol. The average Bonchev–Trinajstić information content (AvgIpc) is 3.13. The summed E-state index contributed by atoms with van der Waals surface area (Å²) in [7, 11) is 1.30. The number of ether oxygens (including phenoxy) is 1. The van der Waals surface area contributed by atoms with Gasteiger partial charge in [-0.2, -0.15) is 0 Å². The quantitative estimate of drug-likeness (QED) is 0.361. The summed E-state index contributed by atoms with van der Waals surface area (Å²) in [6, 6.07) is 7.28. The third-order valence-electron chi connectivity index (χ3n) is 3.95. The minimum absolute atomic E-state index is 0.285. The molecule has 0 amide bonds. The number of fused-ring (bicyclic) bond motifs is 1. The van der Waals surface area contributed by atoms with Crippen molar-refractivity contribution < 1.29 is 18.3 Å². The Bertz CT molecular complexity index is 1090. The Kier molecular flexibility index (Phi) is 7.14. The van der Waals surface area contributed by atoms with Gasteiger partial charge in [0.15, 0.2) is 11.5 Å². The molecule has 0 bridgehead atoms. The second-order valence-electron chi connectivity index (χ2n) is 6.20. The van der Waals surface area contributed by atoms with E-state index in [2.05, 4.69) is 34.7 Å². The lowest BCUT2D eigenvalue weighted by Gasteiger charge is -2.05. The lowest BCUT2D eigenvalue weighted by molar-refractivity contribution is -0.135. The van der Waals surface area contributed by atoms with Crippen LogP contribution in [0.1, 0.15) is 23.9 Å². The fourth-order valence-electron chi connectivity index (χ4n) is 2.43. The molecule has 3 aromatic rings. The van der Waals surface area contributed by atoms with Gasteiger partial charge in [-0.15, -0.1) is 10.2 Å². The molecule has 5 nitrogen and oxygen atoms in total. The van der Waals surface area contributed by atoms with Gasteiger partial charge in [-0.05, 0) is 35.8 Å². The smallest absolute Gasteiger partial charge is 0.337 e. The van der Waals surface area contributed by atoms with E-state index in [0.29, 0.717) is 23.5 Å². The average molecular weight is 397 g/mol. The summed E-state index contributed by atoms with van der Waals surface area (Å²) in [6.07, 6.45) is 3.57. The number of allylic oxidation sites excluding steroid dienone is 1. The predicted molar refractivity (Wildman–Crippen MR) is 108 cm³/mol. The van der Waals surface area contributed by atoms with Crippen molar-refractivity contribution in [1.82, 2.24) is 14.6 Å². The van der Waals surface area contributed by atoms with Gasteiger partial charge in [-0.25, -0.2) is 13.6 Å². The van der Waals surface area contributed by atoms with E-state index in [1.807, 2.05) is 29.7 Å². The molecule has 2 aromatic heterocycles. The Balaban J connectivity index is 0.000000321. The van der Waals surface area contributed by atoms with Crippen LogP contribution in [0.4, 0.5) is 8.78 Å². The van der Waals surface area contributed by atoms with Crippen molar-refractivity contribution in [2.45, 2.75) is 13.3 Å². The Morgan fingerprint density at radius 2 is 1.93 bits per heavy atom. The zero-order valence-electron chi connectivity index (χ0n) is 16.3. The van der Waals surface area contributed by atoms with Crippen LogP contribution in [0.15, 0.2) is 67.9 Å². The lowest BCUT2D eigenvalue weighted by atomic mass is 10.1. The number of hydrogen-bond donors (Lipinski definition) is 0. The maximum atomic E-state index is 13.7. The van der Waals surface area contributed by atoms with Gasteiger partial charge < -0.3 is 4.74 Å². The molecule has 0 saturated carbocycles. The molecule has 0 saturated heterocycles. The number of benzene rings is 1. The lowest BCUT2D eigenvalue weighted by Crippen LogP contribution is -1.99. The summed E-state index contributed by atoms with van der Waals surface area (Å²) in [6.45, 7) is 12.4. The molecule has 150 valence electrons. The third-order valence-corrected chi connectivity index (χ3v) is 3.95. The number of hydrogen-bond acceptors (Lipinski definition) is 4. The summed E-state index contributed by atoms with van der Waals surface area (Å²) < 4.78 is 32.7. The fraction of sp³-hybridized carbons (Fsp3) is 0.136. The second kappa shape index (κ2) is 9.54. The molecule has 0 atom stereocenters. The summed E-state index contributed by atoms with van der Waals surface area (Å²) in [4.78, 5) is 10.3. The zero-order valence-corrected chi connectivity index (χ0v) is 16.3. The van der Waals surface area contributed by atoms with Crippen LogP contribution >= 0.6 is 0 Å². The van der Waals surface area contributed by atoms with Crippen LogP contribution in [0.2, 0.25) is 0 Å². The topological polar surface area (TPSA) is 56.5 Å². The van der Waals surface area contributed by atoms with Crippen LogP contribution in [0.25, 0.3) is 11.2 Å². The van der Waals surface area contributed by atoms with Crippen molar-refractivity contribution in [3.63, 3.8) is 0 Å². The van der Waals surface area contributed by atoms with E-state index in [4.69, 9.17) is 0 Å². The highest BCUT2D eigenvalue weighted by Crippen LogP contribution is 2.17. The standard InChI is InChI=1S/C16H13F2N3.C6H8O2/c1-10(2)16-20-19-15-6-3-11(9-21(15)16)7-12-4-5-13(17)8-14(12)18;1-4-5(2)6(7)8-3/h3-6,8-9H,1,7H2,2H3;4H,1-2H2,3H3. The maximum absolute atomic E-state index is 13.7. The van der Waals surface area contributed by atoms with Crippen LogP contribution < -0.4 is 0 Å². The molecule has 0 aliphatic carbocycles. The van der Waals surface area contributed by atoms with Gasteiger partial charge in [0.05, 0.1) is 12.7 Å². The van der Waals surface area contributed by atoms with Gasteiger partial charge in [0.2, 0.25) is 0 Å². The minimum atomic E-state index is -0.574. The summed E-state index contributed by atoms with van der Waals surface area (Å²) in [5.74, 6) is -0.875. The van der Waals surface area contributed by atoms with Crippen molar-refractivity contribution in [3.05, 3.63) is 96.5 Å². The van der Waals surface area contributed by atoms with Gasteiger partial charge in [0.1, 0.15) is 11.6 Å². The number of halogens is 2. The molecule has 0 unspecified atom stereocenters. The Labute approximate surface area is 167 Å². The Hall–Kier alpha value is -3.61. The van der Waals surface area contributed by atoms with Crippen LogP contribution in [-0.4, -0.2) is 27.7 Å². The van der Waals surface area contributed by atoms with Crippen molar-refractivity contribution in [1.29, 1.82) is 0 Å². The van der Waals surface area contributed by atoms with E-state index >= 15 is 0 Å². The first-order valence-corrected chi connectivity index (χ1v) is 8.60. The molecule has 3 rings (SSSR count). The normalized spacial score (nSPS) is 10.1. The highest BCUT2D eigenvalue weighted by atomic mass is 19.1. The van der Waals surface area contributed by atoms with Gasteiger partial charge >= 0.3 is 5.97 Å². The molecule has 0 aliphatic rings. The van der Waals surface area contributed by atoms with Gasteiger partial charge in [0, 0.05) is 18.7 Å². The maximum Gasteiger partial charge on any atom is 0.337 e. The largest absolute Gasteiger partial charge is 0.465 e. The predicted octanol–water partition coefficient (Wildman–Crippen LogP) is 4.53. The van der Waals surface area contributed by atoms with E-state index in [-0.39, 0.29) is 5.57 Å². The summed E-state index contributed by atoms with van der Waals surface area (Å²) in [5, 5.41) is 8.11. The molecule has 0 aliphatic heterocycles. The van der Waals surface area contributed by atoms with E-state index in [9.17, 15) is 13.6 Å². The minimum Gasteiger partial charge on any atom is -0.465 e. The highest BCUT2D eigenvalue weighted by molar-refractivity contribution is 5.90. The highest BCUT2D eigenvalue weighted by Gasteiger charge is 2.09. The molecule has 0 fully saturated rings.